The third-order valence-corrected chi connectivity index (χ3v) is 3.02. The van der Waals surface area contributed by atoms with Crippen LogP contribution in [0.4, 0.5) is 5.69 Å². The van der Waals surface area contributed by atoms with Crippen molar-refractivity contribution in [3.63, 3.8) is 0 Å². The molecular weight excluding hydrogens is 212 g/mol. The smallest absolute Gasteiger partial charge is 0.244 e. The number of nitrogens with one attached hydrogen (secondary N) is 2. The number of benzene rings is 1. The number of carbonyl (C=O) groups excluding carboxylic acids is 1. The molecule has 0 radical (unpaired) electrons. The zero-order valence-electron chi connectivity index (χ0n) is 11.3. The Hall–Kier alpha value is -1.35. The Labute approximate surface area is 104 Å². The van der Waals surface area contributed by atoms with E-state index in [0.29, 0.717) is 5.92 Å². The van der Waals surface area contributed by atoms with Crippen LogP contribution in [0.25, 0.3) is 0 Å². The molecule has 1 amide bonds. The third kappa shape index (κ3) is 3.30. The molecule has 0 saturated carbocycles. The van der Waals surface area contributed by atoms with Crippen LogP contribution in [0, 0.1) is 0 Å². The van der Waals surface area contributed by atoms with E-state index in [-0.39, 0.29) is 5.91 Å². The molecule has 0 saturated heterocycles. The normalized spacial score (nSPS) is 11.6. The van der Waals surface area contributed by atoms with Crippen LogP contribution >= 0.6 is 0 Å². The first-order valence-electron chi connectivity index (χ1n) is 5.97. The largest absolute Gasteiger partial charge is 0.324 e. The highest BCUT2D eigenvalue weighted by atomic mass is 16.2. The molecule has 0 unspecified atom stereocenters. The summed E-state index contributed by atoms with van der Waals surface area (Å²) in [6, 6.07) is 7.92. The Kier molecular flexibility index (Phi) is 4.29. The van der Waals surface area contributed by atoms with Crippen LogP contribution in [0.5, 0.6) is 0 Å². The molecule has 3 heteroatoms. The molecule has 1 aromatic rings. The number of rotatable bonds is 4. The van der Waals surface area contributed by atoms with E-state index in [4.69, 9.17) is 0 Å². The maximum atomic E-state index is 12.1. The summed E-state index contributed by atoms with van der Waals surface area (Å²) in [5, 5.41) is 5.98. The molecule has 2 N–H and O–H groups in total. The van der Waals surface area contributed by atoms with E-state index in [1.54, 1.807) is 7.05 Å². The van der Waals surface area contributed by atoms with E-state index in [2.05, 4.69) is 24.5 Å². The van der Waals surface area contributed by atoms with Crippen molar-refractivity contribution in [1.29, 1.82) is 0 Å². The first-order valence-corrected chi connectivity index (χ1v) is 5.97. The third-order valence-electron chi connectivity index (χ3n) is 3.02. The van der Waals surface area contributed by atoms with Crippen molar-refractivity contribution in [2.75, 3.05) is 12.4 Å². The Morgan fingerprint density at radius 2 is 1.82 bits per heavy atom. The standard InChI is InChI=1S/C14H22N2O/c1-10(2)11-8-6-7-9-12(11)16-13(17)14(3,4)15-5/h6-10,15H,1-5H3,(H,16,17). The minimum atomic E-state index is -0.565. The molecule has 0 aliphatic heterocycles. The van der Waals surface area contributed by atoms with Gasteiger partial charge in [-0.25, -0.2) is 0 Å². The second kappa shape index (κ2) is 5.32. The van der Waals surface area contributed by atoms with E-state index in [1.807, 2.05) is 38.1 Å². The van der Waals surface area contributed by atoms with Crippen molar-refractivity contribution in [1.82, 2.24) is 5.32 Å². The predicted octanol–water partition coefficient (Wildman–Crippen LogP) is 2.75. The van der Waals surface area contributed by atoms with Crippen molar-refractivity contribution in [3.05, 3.63) is 29.8 Å². The van der Waals surface area contributed by atoms with Gasteiger partial charge >= 0.3 is 0 Å². The molecule has 0 aliphatic carbocycles. The van der Waals surface area contributed by atoms with Crippen LogP contribution in [0.1, 0.15) is 39.2 Å². The Morgan fingerprint density at radius 3 is 2.35 bits per heavy atom. The average Bonchev–Trinajstić information content (AvgIpc) is 2.29. The van der Waals surface area contributed by atoms with E-state index in [0.717, 1.165) is 11.3 Å². The van der Waals surface area contributed by atoms with Gasteiger partial charge in [0.1, 0.15) is 0 Å². The lowest BCUT2D eigenvalue weighted by atomic mass is 9.99. The predicted molar refractivity (Wildman–Crippen MR) is 72.3 cm³/mol. The molecule has 17 heavy (non-hydrogen) atoms. The molecule has 0 atom stereocenters. The second-order valence-corrected chi connectivity index (χ2v) is 5.07. The maximum absolute atomic E-state index is 12.1. The molecular formula is C14H22N2O. The molecule has 0 spiro atoms. The number of amides is 1. The summed E-state index contributed by atoms with van der Waals surface area (Å²) in [4.78, 5) is 12.1. The maximum Gasteiger partial charge on any atom is 0.244 e. The second-order valence-electron chi connectivity index (χ2n) is 5.07. The van der Waals surface area contributed by atoms with Gasteiger partial charge in [-0.05, 0) is 38.4 Å². The highest BCUT2D eigenvalue weighted by molar-refractivity contribution is 5.98. The van der Waals surface area contributed by atoms with Gasteiger partial charge in [0.15, 0.2) is 0 Å². The van der Waals surface area contributed by atoms with Crippen molar-refractivity contribution < 1.29 is 4.79 Å². The lowest BCUT2D eigenvalue weighted by Crippen LogP contribution is -2.48. The minimum Gasteiger partial charge on any atom is -0.324 e. The minimum absolute atomic E-state index is 0.0203. The van der Waals surface area contributed by atoms with Crippen LogP contribution in [0.3, 0.4) is 0 Å². The van der Waals surface area contributed by atoms with Gasteiger partial charge in [-0.3, -0.25) is 4.79 Å². The van der Waals surface area contributed by atoms with Crippen molar-refractivity contribution >= 4 is 11.6 Å². The topological polar surface area (TPSA) is 41.1 Å². The summed E-state index contributed by atoms with van der Waals surface area (Å²) in [6.07, 6.45) is 0. The molecule has 1 aromatic carbocycles. The van der Waals surface area contributed by atoms with E-state index in [1.165, 1.54) is 0 Å². The van der Waals surface area contributed by atoms with Gasteiger partial charge in [0.2, 0.25) is 5.91 Å². The number of likely N-dealkylation sites (N-methyl/N-ethyl adjacent to an activating group) is 1. The number of hydrogen-bond acceptors (Lipinski definition) is 2. The van der Waals surface area contributed by atoms with Crippen LogP contribution in [-0.4, -0.2) is 18.5 Å². The SMILES string of the molecule is CNC(C)(C)C(=O)Nc1ccccc1C(C)C. The summed E-state index contributed by atoms with van der Waals surface area (Å²) in [7, 11) is 1.79. The summed E-state index contributed by atoms with van der Waals surface area (Å²) in [5.41, 5.74) is 1.49. The fourth-order valence-corrected chi connectivity index (χ4v) is 1.51. The summed E-state index contributed by atoms with van der Waals surface area (Å²) < 4.78 is 0. The van der Waals surface area contributed by atoms with Gasteiger partial charge in [-0.1, -0.05) is 32.0 Å². The highest BCUT2D eigenvalue weighted by Crippen LogP contribution is 2.24. The van der Waals surface area contributed by atoms with Gasteiger partial charge in [-0.15, -0.1) is 0 Å². The van der Waals surface area contributed by atoms with Crippen molar-refractivity contribution in [2.24, 2.45) is 0 Å². The van der Waals surface area contributed by atoms with Crippen molar-refractivity contribution in [2.45, 2.75) is 39.2 Å². The van der Waals surface area contributed by atoms with E-state index >= 15 is 0 Å². The van der Waals surface area contributed by atoms with Gasteiger partial charge in [0.05, 0.1) is 5.54 Å². The average molecular weight is 234 g/mol. The number of anilines is 1. The van der Waals surface area contributed by atoms with Gasteiger partial charge in [-0.2, -0.15) is 0 Å². The fraction of sp³-hybridized carbons (Fsp3) is 0.500. The zero-order valence-corrected chi connectivity index (χ0v) is 11.3. The highest BCUT2D eigenvalue weighted by Gasteiger charge is 2.25. The molecule has 0 aliphatic rings. The lowest BCUT2D eigenvalue weighted by Gasteiger charge is -2.24. The summed E-state index contributed by atoms with van der Waals surface area (Å²) in [6.45, 7) is 7.96. The zero-order chi connectivity index (χ0) is 13.1. The van der Waals surface area contributed by atoms with E-state index < -0.39 is 5.54 Å². The van der Waals surface area contributed by atoms with Crippen LogP contribution in [0.15, 0.2) is 24.3 Å². The molecule has 0 bridgehead atoms. The molecule has 1 rings (SSSR count). The molecule has 3 nitrogen and oxygen atoms in total. The van der Waals surface area contributed by atoms with Crippen LogP contribution < -0.4 is 10.6 Å². The Morgan fingerprint density at radius 1 is 1.24 bits per heavy atom. The lowest BCUT2D eigenvalue weighted by molar-refractivity contribution is -0.121. The fourth-order valence-electron chi connectivity index (χ4n) is 1.51. The molecule has 0 fully saturated rings. The van der Waals surface area contributed by atoms with Crippen LogP contribution in [0.2, 0.25) is 0 Å². The Balaban J connectivity index is 2.93. The van der Waals surface area contributed by atoms with Gasteiger partial charge in [0, 0.05) is 5.69 Å². The van der Waals surface area contributed by atoms with Crippen LogP contribution in [-0.2, 0) is 4.79 Å². The number of hydrogen-bond donors (Lipinski definition) is 2. The molecule has 0 heterocycles. The quantitative estimate of drug-likeness (QED) is 0.841. The van der Waals surface area contributed by atoms with Gasteiger partial charge in [0.25, 0.3) is 0 Å². The Bertz CT molecular complexity index is 397. The first-order chi connectivity index (χ1) is 7.88. The van der Waals surface area contributed by atoms with E-state index in [9.17, 15) is 4.79 Å². The summed E-state index contributed by atoms with van der Waals surface area (Å²) in [5.74, 6) is 0.372. The number of carbonyl (C=O) groups is 1. The van der Waals surface area contributed by atoms with Crippen molar-refractivity contribution in [3.8, 4) is 0 Å². The van der Waals surface area contributed by atoms with Gasteiger partial charge < -0.3 is 10.6 Å². The number of para-hydroxylation sites is 1. The first kappa shape index (κ1) is 13.7. The monoisotopic (exact) mass is 234 g/mol. The molecule has 0 aromatic heterocycles. The summed E-state index contributed by atoms with van der Waals surface area (Å²) >= 11 is 0. The molecule has 94 valence electrons.